The maximum Gasteiger partial charge on any atom is 0.329 e. The molecule has 9 heteroatoms. The average Bonchev–Trinajstić information content (AvgIpc) is 2.89. The van der Waals surface area contributed by atoms with Crippen LogP contribution in [0.3, 0.4) is 0 Å². The number of nitrogens with one attached hydrogen (secondary N) is 3. The third kappa shape index (κ3) is 7.56. The minimum absolute atomic E-state index is 0.178. The Kier molecular flexibility index (Phi) is 9.35. The molecule has 0 aliphatic rings. The average molecular weight is 487 g/mol. The molecular formula is C27H26N4O5. The topological polar surface area (TPSA) is 118 Å². The number of hydrazone groups is 1. The molecule has 0 atom stereocenters. The number of carbonyl (C=O) groups is 3. The quantitative estimate of drug-likeness (QED) is 0.173. The standard InChI is InChI=1S/C27H26N4O5/c1-3-16-36-22-9-7-8-19(17-22)18-28-31-27(34)26(33)30-24-11-6-5-10-23(24)25(32)29-20-12-14-21(15-13-20)35-4-2/h3,5-15,17-18H,1,4,16H2,2H3,(H,29,32)(H,30,33)(H,31,34). The van der Waals surface area contributed by atoms with Crippen LogP contribution in [0, 0.1) is 0 Å². The van der Waals surface area contributed by atoms with E-state index >= 15 is 0 Å². The molecule has 0 saturated carbocycles. The number of hydrogen-bond acceptors (Lipinski definition) is 6. The third-order valence-corrected chi connectivity index (χ3v) is 4.65. The van der Waals surface area contributed by atoms with Crippen LogP contribution in [0.25, 0.3) is 0 Å². The lowest BCUT2D eigenvalue weighted by Gasteiger charge is -2.11. The van der Waals surface area contributed by atoms with Gasteiger partial charge in [-0.25, -0.2) is 5.43 Å². The molecule has 0 aromatic heterocycles. The van der Waals surface area contributed by atoms with Gasteiger partial charge in [-0.15, -0.1) is 0 Å². The van der Waals surface area contributed by atoms with Crippen LogP contribution in [-0.2, 0) is 9.59 Å². The van der Waals surface area contributed by atoms with E-state index in [0.29, 0.717) is 36.0 Å². The highest BCUT2D eigenvalue weighted by atomic mass is 16.5. The van der Waals surface area contributed by atoms with Gasteiger partial charge in [0.1, 0.15) is 18.1 Å². The number of carbonyl (C=O) groups excluding carboxylic acids is 3. The lowest BCUT2D eigenvalue weighted by atomic mass is 10.1. The van der Waals surface area contributed by atoms with Crippen molar-refractivity contribution in [3.05, 3.63) is 96.6 Å². The van der Waals surface area contributed by atoms with Crippen molar-refractivity contribution in [1.29, 1.82) is 0 Å². The number of para-hydroxylation sites is 1. The van der Waals surface area contributed by atoms with E-state index in [1.54, 1.807) is 66.7 Å². The van der Waals surface area contributed by atoms with Crippen LogP contribution < -0.4 is 25.5 Å². The molecule has 3 rings (SSSR count). The summed E-state index contributed by atoms with van der Waals surface area (Å²) in [5.41, 5.74) is 3.74. The van der Waals surface area contributed by atoms with E-state index in [2.05, 4.69) is 27.7 Å². The number of rotatable bonds is 10. The SMILES string of the molecule is C=CCOc1cccc(C=NNC(=O)C(=O)Nc2ccccc2C(=O)Nc2ccc(OCC)cc2)c1. The van der Waals surface area contributed by atoms with Gasteiger partial charge in [0.25, 0.3) is 5.91 Å². The molecule has 9 nitrogen and oxygen atoms in total. The highest BCUT2D eigenvalue weighted by molar-refractivity contribution is 6.40. The molecule has 0 bridgehead atoms. The van der Waals surface area contributed by atoms with Gasteiger partial charge >= 0.3 is 11.8 Å². The molecule has 0 spiro atoms. The zero-order valence-corrected chi connectivity index (χ0v) is 19.7. The van der Waals surface area contributed by atoms with Crippen LogP contribution >= 0.6 is 0 Å². The van der Waals surface area contributed by atoms with Gasteiger partial charge < -0.3 is 20.1 Å². The molecule has 3 aromatic rings. The lowest BCUT2D eigenvalue weighted by molar-refractivity contribution is -0.136. The Bertz CT molecular complexity index is 1260. The number of hydrogen-bond donors (Lipinski definition) is 3. The number of benzene rings is 3. The Morgan fingerprint density at radius 3 is 2.42 bits per heavy atom. The fraction of sp³-hybridized carbons (Fsp3) is 0.111. The number of anilines is 2. The maximum atomic E-state index is 12.8. The minimum Gasteiger partial charge on any atom is -0.494 e. The summed E-state index contributed by atoms with van der Waals surface area (Å²) in [5.74, 6) is -1.12. The Balaban J connectivity index is 1.59. The van der Waals surface area contributed by atoms with Gasteiger partial charge in [0, 0.05) is 5.69 Å². The molecule has 3 aromatic carbocycles. The summed E-state index contributed by atoms with van der Waals surface area (Å²) in [6, 6.07) is 20.3. The van der Waals surface area contributed by atoms with E-state index in [1.165, 1.54) is 18.3 Å². The monoisotopic (exact) mass is 486 g/mol. The third-order valence-electron chi connectivity index (χ3n) is 4.65. The fourth-order valence-corrected chi connectivity index (χ4v) is 3.02. The second kappa shape index (κ2) is 13.1. The maximum absolute atomic E-state index is 12.8. The molecule has 0 unspecified atom stereocenters. The van der Waals surface area contributed by atoms with E-state index in [1.807, 2.05) is 6.92 Å². The van der Waals surface area contributed by atoms with Crippen molar-refractivity contribution in [2.45, 2.75) is 6.92 Å². The normalized spacial score (nSPS) is 10.4. The minimum atomic E-state index is -0.993. The number of nitrogens with zero attached hydrogens (tertiary/aromatic N) is 1. The fourth-order valence-electron chi connectivity index (χ4n) is 3.02. The van der Waals surface area contributed by atoms with Crippen LogP contribution in [0.15, 0.2) is 90.6 Å². The van der Waals surface area contributed by atoms with Crippen LogP contribution in [0.4, 0.5) is 11.4 Å². The molecule has 0 saturated heterocycles. The van der Waals surface area contributed by atoms with Gasteiger partial charge in [0.2, 0.25) is 0 Å². The van der Waals surface area contributed by atoms with Crippen LogP contribution in [-0.4, -0.2) is 37.1 Å². The molecule has 0 radical (unpaired) electrons. The van der Waals surface area contributed by atoms with Gasteiger partial charge in [-0.05, 0) is 61.0 Å². The summed E-state index contributed by atoms with van der Waals surface area (Å²) in [6.07, 6.45) is 3.01. The van der Waals surface area contributed by atoms with Gasteiger partial charge in [-0.1, -0.05) is 36.9 Å². The van der Waals surface area contributed by atoms with Crippen molar-refractivity contribution in [2.24, 2.45) is 5.10 Å². The van der Waals surface area contributed by atoms with Gasteiger partial charge in [-0.2, -0.15) is 5.10 Å². The predicted molar refractivity (Wildman–Crippen MR) is 139 cm³/mol. The van der Waals surface area contributed by atoms with Crippen molar-refractivity contribution in [3.63, 3.8) is 0 Å². The first kappa shape index (κ1) is 25.7. The van der Waals surface area contributed by atoms with E-state index in [4.69, 9.17) is 9.47 Å². The lowest BCUT2D eigenvalue weighted by Crippen LogP contribution is -2.33. The Hall–Kier alpha value is -4.92. The first-order valence-corrected chi connectivity index (χ1v) is 11.1. The molecule has 3 N–H and O–H groups in total. The predicted octanol–water partition coefficient (Wildman–Crippen LogP) is 3.99. The molecule has 184 valence electrons. The number of ether oxygens (including phenoxy) is 2. The molecular weight excluding hydrogens is 460 g/mol. The second-order valence-corrected chi connectivity index (χ2v) is 7.28. The van der Waals surface area contributed by atoms with Gasteiger partial charge in [0.15, 0.2) is 0 Å². The zero-order valence-electron chi connectivity index (χ0n) is 19.7. The van der Waals surface area contributed by atoms with Gasteiger partial charge in [-0.3, -0.25) is 14.4 Å². The Morgan fingerprint density at radius 1 is 0.889 bits per heavy atom. The number of amides is 3. The molecule has 0 aliphatic heterocycles. The van der Waals surface area contributed by atoms with E-state index in [9.17, 15) is 14.4 Å². The van der Waals surface area contributed by atoms with Crippen LogP contribution in [0.2, 0.25) is 0 Å². The summed E-state index contributed by atoms with van der Waals surface area (Å²) in [5, 5.41) is 9.01. The molecule has 3 amide bonds. The molecule has 36 heavy (non-hydrogen) atoms. The molecule has 0 fully saturated rings. The van der Waals surface area contributed by atoms with Crippen molar-refractivity contribution >= 4 is 35.3 Å². The first-order valence-electron chi connectivity index (χ1n) is 11.1. The summed E-state index contributed by atoms with van der Waals surface area (Å²) >= 11 is 0. The summed E-state index contributed by atoms with van der Waals surface area (Å²) in [7, 11) is 0. The summed E-state index contributed by atoms with van der Waals surface area (Å²) < 4.78 is 10.8. The zero-order chi connectivity index (χ0) is 25.8. The highest BCUT2D eigenvalue weighted by Crippen LogP contribution is 2.20. The summed E-state index contributed by atoms with van der Waals surface area (Å²) in [4.78, 5) is 37.4. The van der Waals surface area contributed by atoms with Crippen molar-refractivity contribution in [3.8, 4) is 11.5 Å². The van der Waals surface area contributed by atoms with Crippen molar-refractivity contribution in [1.82, 2.24) is 5.43 Å². The smallest absolute Gasteiger partial charge is 0.329 e. The largest absolute Gasteiger partial charge is 0.494 e. The van der Waals surface area contributed by atoms with Gasteiger partial charge in [0.05, 0.1) is 24.1 Å². The summed E-state index contributed by atoms with van der Waals surface area (Å²) in [6.45, 7) is 6.37. The first-order chi connectivity index (χ1) is 17.5. The van der Waals surface area contributed by atoms with E-state index in [0.717, 1.165) is 0 Å². The van der Waals surface area contributed by atoms with Crippen LogP contribution in [0.1, 0.15) is 22.8 Å². The second-order valence-electron chi connectivity index (χ2n) is 7.28. The van der Waals surface area contributed by atoms with E-state index < -0.39 is 17.7 Å². The van der Waals surface area contributed by atoms with Crippen molar-refractivity contribution < 1.29 is 23.9 Å². The van der Waals surface area contributed by atoms with E-state index in [-0.39, 0.29) is 11.3 Å². The molecule has 0 aliphatic carbocycles. The highest BCUT2D eigenvalue weighted by Gasteiger charge is 2.17. The Labute approximate surface area is 208 Å². The molecule has 0 heterocycles. The van der Waals surface area contributed by atoms with Crippen LogP contribution in [0.5, 0.6) is 11.5 Å². The Morgan fingerprint density at radius 2 is 1.67 bits per heavy atom. The van der Waals surface area contributed by atoms with Crippen molar-refractivity contribution in [2.75, 3.05) is 23.8 Å².